The Hall–Kier alpha value is -2.22. The Morgan fingerprint density at radius 2 is 1.89 bits per heavy atom. The van der Waals surface area contributed by atoms with E-state index >= 15 is 0 Å². The Balaban J connectivity index is 1.80. The van der Waals surface area contributed by atoms with E-state index in [-0.39, 0.29) is 21.7 Å². The van der Waals surface area contributed by atoms with Crippen LogP contribution in [0.5, 0.6) is 5.75 Å². The van der Waals surface area contributed by atoms with Crippen LogP contribution in [0.4, 0.5) is 0 Å². The number of nitriles is 1. The summed E-state index contributed by atoms with van der Waals surface area (Å²) in [5.74, 6) is -0.132. The van der Waals surface area contributed by atoms with Crippen molar-refractivity contribution in [3.63, 3.8) is 0 Å². The highest BCUT2D eigenvalue weighted by Gasteiger charge is 2.62. The van der Waals surface area contributed by atoms with E-state index < -0.39 is 12.1 Å². The number of benzene rings is 2. The van der Waals surface area contributed by atoms with E-state index in [1.165, 1.54) is 0 Å². The van der Waals surface area contributed by atoms with Gasteiger partial charge in [-0.25, -0.2) is 0 Å². The summed E-state index contributed by atoms with van der Waals surface area (Å²) in [5.41, 5.74) is 0.330. The molecule has 27 heavy (non-hydrogen) atoms. The third-order valence-corrected chi connectivity index (χ3v) is 5.45. The van der Waals surface area contributed by atoms with Gasteiger partial charge in [0.25, 0.3) is 0 Å². The van der Waals surface area contributed by atoms with Crippen LogP contribution in [0.3, 0.4) is 0 Å². The van der Waals surface area contributed by atoms with E-state index in [0.29, 0.717) is 5.56 Å². The van der Waals surface area contributed by atoms with Crippen LogP contribution < -0.4 is 4.74 Å². The molecule has 1 aliphatic carbocycles. The number of halogens is 2. The first-order chi connectivity index (χ1) is 12.8. The molecule has 0 spiro atoms. The van der Waals surface area contributed by atoms with Crippen LogP contribution in [-0.4, -0.2) is 13.1 Å². The number of fused-ring (bicyclic) bond motifs is 1. The molecule has 0 aliphatic heterocycles. The van der Waals surface area contributed by atoms with Crippen molar-refractivity contribution in [1.82, 2.24) is 0 Å². The Kier molecular flexibility index (Phi) is 5.37. The van der Waals surface area contributed by atoms with Crippen LogP contribution in [0.15, 0.2) is 47.0 Å². The topological polar surface area (TPSA) is 59.3 Å². The zero-order chi connectivity index (χ0) is 19.8. The second kappa shape index (κ2) is 7.42. The molecule has 2 aromatic carbocycles. The van der Waals surface area contributed by atoms with Gasteiger partial charge >= 0.3 is 5.97 Å². The molecule has 4 nitrogen and oxygen atoms in total. The standard InChI is InChI=1S/C21H19Cl2NO3/c1-21(2)16(10-18(22)23)19(21)20(25)27-17(11-24)14-5-4-13-9-15(26-3)7-6-12(13)8-14/h4-10,16-17,19H,1-3H3/t16-,17-,19-/m1/s1. The van der Waals surface area contributed by atoms with Gasteiger partial charge in [-0.05, 0) is 46.4 Å². The molecule has 0 aromatic heterocycles. The monoisotopic (exact) mass is 403 g/mol. The maximum absolute atomic E-state index is 12.6. The third kappa shape index (κ3) is 3.90. The first kappa shape index (κ1) is 19.5. The lowest BCUT2D eigenvalue weighted by Gasteiger charge is -2.13. The van der Waals surface area contributed by atoms with Crippen molar-refractivity contribution in [2.24, 2.45) is 17.3 Å². The summed E-state index contributed by atoms with van der Waals surface area (Å²) in [5, 5.41) is 11.4. The Morgan fingerprint density at radius 3 is 2.52 bits per heavy atom. The summed E-state index contributed by atoms with van der Waals surface area (Å²) in [7, 11) is 1.61. The average Bonchev–Trinajstić information content (AvgIpc) is 3.17. The SMILES string of the molecule is COc1ccc2cc([C@@H](C#N)OC(=O)[C@H]3[C@@H](C=C(Cl)Cl)C3(C)C)ccc2c1. The van der Waals surface area contributed by atoms with Crippen LogP contribution in [-0.2, 0) is 9.53 Å². The normalized spacial score (nSPS) is 21.0. The highest BCUT2D eigenvalue weighted by molar-refractivity contribution is 6.55. The molecule has 0 radical (unpaired) electrons. The largest absolute Gasteiger partial charge is 0.497 e. The molecule has 0 heterocycles. The zero-order valence-corrected chi connectivity index (χ0v) is 16.7. The fourth-order valence-electron chi connectivity index (χ4n) is 3.47. The molecule has 1 fully saturated rings. The molecule has 0 amide bonds. The van der Waals surface area contributed by atoms with Gasteiger partial charge < -0.3 is 9.47 Å². The first-order valence-corrected chi connectivity index (χ1v) is 9.24. The van der Waals surface area contributed by atoms with Crippen molar-refractivity contribution in [3.05, 3.63) is 52.5 Å². The van der Waals surface area contributed by atoms with Gasteiger partial charge in [0.2, 0.25) is 6.10 Å². The molecule has 3 atom stereocenters. The van der Waals surface area contributed by atoms with E-state index in [9.17, 15) is 10.1 Å². The van der Waals surface area contributed by atoms with E-state index in [2.05, 4.69) is 6.07 Å². The molecule has 140 valence electrons. The van der Waals surface area contributed by atoms with E-state index in [1.54, 1.807) is 19.3 Å². The van der Waals surface area contributed by atoms with E-state index in [1.807, 2.05) is 44.2 Å². The van der Waals surface area contributed by atoms with Gasteiger partial charge in [0.15, 0.2) is 0 Å². The van der Waals surface area contributed by atoms with Gasteiger partial charge in [-0.1, -0.05) is 55.2 Å². The minimum atomic E-state index is -0.975. The fraction of sp³-hybridized carbons (Fsp3) is 0.333. The lowest BCUT2D eigenvalue weighted by Crippen LogP contribution is -2.14. The second-order valence-corrected chi connectivity index (χ2v) is 8.21. The molecule has 1 saturated carbocycles. The lowest BCUT2D eigenvalue weighted by molar-refractivity contribution is -0.149. The minimum Gasteiger partial charge on any atom is -0.497 e. The quantitative estimate of drug-likeness (QED) is 0.614. The number of hydrogen-bond acceptors (Lipinski definition) is 4. The summed E-state index contributed by atoms with van der Waals surface area (Å²) < 4.78 is 10.9. The highest BCUT2D eigenvalue weighted by Crippen LogP contribution is 2.60. The van der Waals surface area contributed by atoms with Crippen molar-refractivity contribution in [2.45, 2.75) is 20.0 Å². The number of allylic oxidation sites excluding steroid dienone is 1. The van der Waals surface area contributed by atoms with Gasteiger partial charge in [0.1, 0.15) is 16.3 Å². The Labute approximate surface area is 168 Å². The van der Waals surface area contributed by atoms with Crippen LogP contribution >= 0.6 is 23.2 Å². The highest BCUT2D eigenvalue weighted by atomic mass is 35.5. The molecule has 0 N–H and O–H groups in total. The molecular weight excluding hydrogens is 385 g/mol. The van der Waals surface area contributed by atoms with Gasteiger partial charge in [-0.15, -0.1) is 0 Å². The molecule has 0 unspecified atom stereocenters. The molecule has 0 saturated heterocycles. The van der Waals surface area contributed by atoms with E-state index in [0.717, 1.165) is 16.5 Å². The van der Waals surface area contributed by atoms with Gasteiger partial charge in [-0.3, -0.25) is 4.79 Å². The smallest absolute Gasteiger partial charge is 0.311 e. The summed E-state index contributed by atoms with van der Waals surface area (Å²) in [6.07, 6.45) is 0.677. The van der Waals surface area contributed by atoms with Gasteiger partial charge in [-0.2, -0.15) is 5.26 Å². The van der Waals surface area contributed by atoms with Crippen LogP contribution in [0.1, 0.15) is 25.5 Å². The number of nitrogens with zero attached hydrogens (tertiary/aromatic N) is 1. The number of esters is 1. The Bertz CT molecular complexity index is 958. The maximum atomic E-state index is 12.6. The van der Waals surface area contributed by atoms with Crippen molar-refractivity contribution in [2.75, 3.05) is 7.11 Å². The summed E-state index contributed by atoms with van der Waals surface area (Å²) in [6, 6.07) is 13.2. The maximum Gasteiger partial charge on any atom is 0.311 e. The number of carbonyl (C=O) groups is 1. The average molecular weight is 404 g/mol. The van der Waals surface area contributed by atoms with E-state index in [4.69, 9.17) is 32.7 Å². The molecule has 6 heteroatoms. The minimum absolute atomic E-state index is 0.0987. The molecule has 1 aliphatic rings. The number of carbonyl (C=O) groups excluding carboxylic acids is 1. The summed E-state index contributed by atoms with van der Waals surface area (Å²) in [6.45, 7) is 3.89. The second-order valence-electron chi connectivity index (χ2n) is 7.20. The van der Waals surface area contributed by atoms with Crippen LogP contribution in [0, 0.1) is 28.6 Å². The van der Waals surface area contributed by atoms with Crippen molar-refractivity contribution < 1.29 is 14.3 Å². The predicted octanol–water partition coefficient (Wildman–Crippen LogP) is 5.55. The fourth-order valence-corrected chi connectivity index (χ4v) is 3.74. The van der Waals surface area contributed by atoms with Crippen molar-refractivity contribution >= 4 is 39.9 Å². The molecule has 3 rings (SSSR count). The first-order valence-electron chi connectivity index (χ1n) is 8.48. The molecule has 0 bridgehead atoms. The number of methoxy groups -OCH3 is 1. The van der Waals surface area contributed by atoms with Crippen molar-refractivity contribution in [3.8, 4) is 11.8 Å². The molecular formula is C21H19Cl2NO3. The van der Waals surface area contributed by atoms with Crippen LogP contribution in [0.25, 0.3) is 10.8 Å². The van der Waals surface area contributed by atoms with Gasteiger partial charge in [0, 0.05) is 5.56 Å². The van der Waals surface area contributed by atoms with Gasteiger partial charge in [0.05, 0.1) is 13.0 Å². The summed E-state index contributed by atoms with van der Waals surface area (Å²) >= 11 is 11.5. The number of hydrogen-bond donors (Lipinski definition) is 0. The molecule has 2 aromatic rings. The van der Waals surface area contributed by atoms with Crippen LogP contribution in [0.2, 0.25) is 0 Å². The predicted molar refractivity (Wildman–Crippen MR) is 105 cm³/mol. The summed E-state index contributed by atoms with van der Waals surface area (Å²) in [4.78, 5) is 12.6. The lowest BCUT2D eigenvalue weighted by atomic mass is 10.0. The number of rotatable bonds is 5. The Morgan fingerprint density at radius 1 is 1.22 bits per heavy atom. The zero-order valence-electron chi connectivity index (χ0n) is 15.2. The third-order valence-electron chi connectivity index (χ3n) is 5.20. The number of ether oxygens (including phenoxy) is 2. The van der Waals surface area contributed by atoms with Crippen molar-refractivity contribution in [1.29, 1.82) is 5.26 Å².